The second kappa shape index (κ2) is 5.80. The van der Waals surface area contributed by atoms with Crippen LogP contribution in [-0.4, -0.2) is 59.1 Å². The lowest BCUT2D eigenvalue weighted by molar-refractivity contribution is -0.130. The fraction of sp³-hybridized carbons (Fsp3) is 0.933. The molecular formula is C15H28N2O2. The van der Waals surface area contributed by atoms with Gasteiger partial charge >= 0.3 is 0 Å². The summed E-state index contributed by atoms with van der Waals surface area (Å²) in [6.45, 7) is 9.99. The van der Waals surface area contributed by atoms with E-state index in [0.29, 0.717) is 6.04 Å². The number of aliphatic hydroxyl groups is 1. The van der Waals surface area contributed by atoms with Crippen LogP contribution in [-0.2, 0) is 4.79 Å². The first-order valence-electron chi connectivity index (χ1n) is 7.55. The molecule has 4 nitrogen and oxygen atoms in total. The Hall–Kier alpha value is -0.610. The summed E-state index contributed by atoms with van der Waals surface area (Å²) in [6.07, 6.45) is 3.78. The van der Waals surface area contributed by atoms with Gasteiger partial charge in [-0.25, -0.2) is 0 Å². The van der Waals surface area contributed by atoms with Gasteiger partial charge in [0, 0.05) is 39.1 Å². The fourth-order valence-electron chi connectivity index (χ4n) is 3.61. The summed E-state index contributed by atoms with van der Waals surface area (Å²) in [7, 11) is 0. The summed E-state index contributed by atoms with van der Waals surface area (Å²) < 4.78 is 0. The van der Waals surface area contributed by atoms with Crippen molar-refractivity contribution < 1.29 is 9.90 Å². The van der Waals surface area contributed by atoms with Crippen molar-refractivity contribution in [2.75, 3.05) is 26.2 Å². The monoisotopic (exact) mass is 268 g/mol. The van der Waals surface area contributed by atoms with Crippen molar-refractivity contribution in [1.29, 1.82) is 0 Å². The van der Waals surface area contributed by atoms with Crippen LogP contribution >= 0.6 is 0 Å². The molecule has 4 heteroatoms. The molecule has 1 amide bonds. The van der Waals surface area contributed by atoms with Crippen molar-refractivity contribution >= 4 is 5.91 Å². The number of hydrogen-bond acceptors (Lipinski definition) is 3. The van der Waals surface area contributed by atoms with E-state index in [1.165, 1.54) is 0 Å². The van der Waals surface area contributed by atoms with E-state index in [2.05, 4.69) is 18.7 Å². The zero-order valence-corrected chi connectivity index (χ0v) is 12.6. The van der Waals surface area contributed by atoms with Gasteiger partial charge in [0.05, 0.1) is 6.10 Å². The van der Waals surface area contributed by atoms with Crippen LogP contribution < -0.4 is 0 Å². The van der Waals surface area contributed by atoms with Crippen LogP contribution in [0.15, 0.2) is 0 Å². The maximum absolute atomic E-state index is 11.4. The largest absolute Gasteiger partial charge is 0.393 e. The highest BCUT2D eigenvalue weighted by molar-refractivity contribution is 5.73. The number of hydrogen-bond donors (Lipinski definition) is 1. The molecule has 2 rings (SSSR count). The second-order valence-electron chi connectivity index (χ2n) is 7.02. The lowest BCUT2D eigenvalue weighted by Gasteiger charge is -2.40. The van der Waals surface area contributed by atoms with Gasteiger partial charge in [-0.3, -0.25) is 9.69 Å². The molecule has 0 spiro atoms. The number of amides is 1. The molecular weight excluding hydrogens is 240 g/mol. The van der Waals surface area contributed by atoms with E-state index in [0.717, 1.165) is 51.9 Å². The maximum atomic E-state index is 11.4. The highest BCUT2D eigenvalue weighted by atomic mass is 16.3. The van der Waals surface area contributed by atoms with Gasteiger partial charge in [-0.05, 0) is 31.1 Å². The number of carbonyl (C=O) groups excluding carboxylic acids is 1. The summed E-state index contributed by atoms with van der Waals surface area (Å²) in [4.78, 5) is 15.9. The van der Waals surface area contributed by atoms with Crippen LogP contribution in [0.3, 0.4) is 0 Å². The third-order valence-electron chi connectivity index (χ3n) is 4.60. The highest BCUT2D eigenvalue weighted by Crippen LogP contribution is 2.31. The number of aliphatic hydroxyl groups excluding tert-OH is 1. The molecule has 0 unspecified atom stereocenters. The summed E-state index contributed by atoms with van der Waals surface area (Å²) >= 11 is 0. The fourth-order valence-corrected chi connectivity index (χ4v) is 3.61. The van der Waals surface area contributed by atoms with E-state index in [-0.39, 0.29) is 17.4 Å². The van der Waals surface area contributed by atoms with Gasteiger partial charge in [0.15, 0.2) is 0 Å². The smallest absolute Gasteiger partial charge is 0.219 e. The van der Waals surface area contributed by atoms with Gasteiger partial charge in [0.25, 0.3) is 0 Å². The molecule has 110 valence electrons. The highest BCUT2D eigenvalue weighted by Gasteiger charge is 2.33. The normalized spacial score (nSPS) is 30.1. The molecule has 0 aromatic carbocycles. The summed E-state index contributed by atoms with van der Waals surface area (Å²) in [6, 6.07) is 0.583. The Kier molecular flexibility index (Phi) is 4.51. The van der Waals surface area contributed by atoms with Crippen molar-refractivity contribution in [1.82, 2.24) is 9.80 Å². The Morgan fingerprint density at radius 2 is 1.79 bits per heavy atom. The van der Waals surface area contributed by atoms with Crippen LogP contribution in [0, 0.1) is 5.41 Å². The molecule has 1 N–H and O–H groups in total. The van der Waals surface area contributed by atoms with E-state index in [1.807, 2.05) is 4.90 Å². The maximum Gasteiger partial charge on any atom is 0.219 e. The standard InChI is InChI=1S/C15H28N2O2/c1-12(18)16-7-4-13(5-8-16)17-9-6-14(19)10-15(2,3)11-17/h13-14,19H,4-11H2,1-3H3/t14-/m1/s1. The lowest BCUT2D eigenvalue weighted by Crippen LogP contribution is -2.48. The molecule has 0 radical (unpaired) electrons. The van der Waals surface area contributed by atoms with Crippen molar-refractivity contribution in [2.24, 2.45) is 5.41 Å². The Balaban J connectivity index is 1.93. The average molecular weight is 268 g/mol. The molecule has 19 heavy (non-hydrogen) atoms. The number of rotatable bonds is 1. The molecule has 0 aromatic heterocycles. The molecule has 2 aliphatic heterocycles. The van der Waals surface area contributed by atoms with Crippen molar-refractivity contribution in [2.45, 2.75) is 58.6 Å². The molecule has 0 aliphatic carbocycles. The first-order chi connectivity index (χ1) is 8.87. The van der Waals surface area contributed by atoms with Gasteiger partial charge < -0.3 is 10.0 Å². The Morgan fingerprint density at radius 1 is 1.16 bits per heavy atom. The molecule has 2 fully saturated rings. The van der Waals surface area contributed by atoms with Crippen molar-refractivity contribution in [3.63, 3.8) is 0 Å². The molecule has 0 saturated carbocycles. The van der Waals surface area contributed by atoms with Gasteiger partial charge in [-0.2, -0.15) is 0 Å². The van der Waals surface area contributed by atoms with Crippen LogP contribution in [0.25, 0.3) is 0 Å². The average Bonchev–Trinajstić information content (AvgIpc) is 2.47. The zero-order chi connectivity index (χ0) is 14.0. The second-order valence-corrected chi connectivity index (χ2v) is 7.02. The van der Waals surface area contributed by atoms with Crippen molar-refractivity contribution in [3.8, 4) is 0 Å². The van der Waals surface area contributed by atoms with E-state index in [9.17, 15) is 9.90 Å². The van der Waals surface area contributed by atoms with Gasteiger partial charge in [-0.1, -0.05) is 13.8 Å². The minimum absolute atomic E-state index is 0.155. The Labute approximate surface area is 116 Å². The van der Waals surface area contributed by atoms with Gasteiger partial charge in [0.1, 0.15) is 0 Å². The number of nitrogens with zero attached hydrogens (tertiary/aromatic N) is 2. The Morgan fingerprint density at radius 3 is 2.37 bits per heavy atom. The van der Waals surface area contributed by atoms with E-state index in [4.69, 9.17) is 0 Å². The molecule has 2 saturated heterocycles. The van der Waals surface area contributed by atoms with Crippen LogP contribution in [0.2, 0.25) is 0 Å². The molecule has 0 bridgehead atoms. The topological polar surface area (TPSA) is 43.8 Å². The summed E-state index contributed by atoms with van der Waals surface area (Å²) in [5.74, 6) is 0.199. The molecule has 0 aromatic rings. The minimum Gasteiger partial charge on any atom is -0.393 e. The van der Waals surface area contributed by atoms with Crippen LogP contribution in [0.1, 0.15) is 46.5 Å². The Bertz CT molecular complexity index is 322. The predicted molar refractivity (Wildman–Crippen MR) is 75.9 cm³/mol. The van der Waals surface area contributed by atoms with E-state index in [1.54, 1.807) is 6.92 Å². The predicted octanol–water partition coefficient (Wildman–Crippen LogP) is 1.48. The summed E-state index contributed by atoms with van der Waals surface area (Å²) in [5.41, 5.74) is 0.188. The number of piperidine rings is 1. The molecule has 1 atom stereocenters. The minimum atomic E-state index is -0.155. The molecule has 2 heterocycles. The van der Waals surface area contributed by atoms with Gasteiger partial charge in [0.2, 0.25) is 5.91 Å². The zero-order valence-electron chi connectivity index (χ0n) is 12.6. The first-order valence-corrected chi connectivity index (χ1v) is 7.55. The van der Waals surface area contributed by atoms with Crippen molar-refractivity contribution in [3.05, 3.63) is 0 Å². The van der Waals surface area contributed by atoms with Crippen LogP contribution in [0.4, 0.5) is 0 Å². The SMILES string of the molecule is CC(=O)N1CCC(N2CC[C@@H](O)CC(C)(C)C2)CC1. The van der Waals surface area contributed by atoms with Gasteiger partial charge in [-0.15, -0.1) is 0 Å². The van der Waals surface area contributed by atoms with E-state index >= 15 is 0 Å². The summed E-state index contributed by atoms with van der Waals surface area (Å²) in [5, 5.41) is 9.98. The number of likely N-dealkylation sites (tertiary alicyclic amines) is 2. The van der Waals surface area contributed by atoms with E-state index < -0.39 is 0 Å². The third-order valence-corrected chi connectivity index (χ3v) is 4.60. The van der Waals surface area contributed by atoms with Crippen LogP contribution in [0.5, 0.6) is 0 Å². The molecule has 2 aliphatic rings. The quantitative estimate of drug-likeness (QED) is 0.783. The third kappa shape index (κ3) is 3.93. The lowest BCUT2D eigenvalue weighted by atomic mass is 9.86. The first kappa shape index (κ1) is 14.8. The number of carbonyl (C=O) groups is 1.